The standard InChI is InChI=1S/C9H17N3/c1-4-9(2,3)12-6-8-5-10-7-11-8/h5,7,12H,4,6H2,1-3H3,(H,10,11). The lowest BCUT2D eigenvalue weighted by Crippen LogP contribution is -2.37. The molecule has 12 heavy (non-hydrogen) atoms. The van der Waals surface area contributed by atoms with E-state index < -0.39 is 0 Å². The van der Waals surface area contributed by atoms with Gasteiger partial charge >= 0.3 is 0 Å². The third-order valence-corrected chi connectivity index (χ3v) is 2.20. The van der Waals surface area contributed by atoms with E-state index in [0.717, 1.165) is 18.7 Å². The van der Waals surface area contributed by atoms with Gasteiger partial charge in [0.2, 0.25) is 0 Å². The number of hydrogen-bond donors (Lipinski definition) is 2. The van der Waals surface area contributed by atoms with Gasteiger partial charge in [0.25, 0.3) is 0 Å². The van der Waals surface area contributed by atoms with Crippen LogP contribution in [0.3, 0.4) is 0 Å². The molecule has 0 aliphatic heterocycles. The van der Waals surface area contributed by atoms with E-state index in [4.69, 9.17) is 0 Å². The number of hydrogen-bond acceptors (Lipinski definition) is 2. The Kier molecular flexibility index (Phi) is 2.87. The maximum Gasteiger partial charge on any atom is 0.0922 e. The van der Waals surface area contributed by atoms with E-state index in [9.17, 15) is 0 Å². The van der Waals surface area contributed by atoms with E-state index in [0.29, 0.717) is 0 Å². The van der Waals surface area contributed by atoms with Crippen molar-refractivity contribution >= 4 is 0 Å². The van der Waals surface area contributed by atoms with Crippen molar-refractivity contribution in [2.24, 2.45) is 0 Å². The summed E-state index contributed by atoms with van der Waals surface area (Å²) in [5, 5.41) is 3.44. The van der Waals surface area contributed by atoms with Crippen LogP contribution in [0.1, 0.15) is 32.9 Å². The molecule has 2 N–H and O–H groups in total. The summed E-state index contributed by atoms with van der Waals surface area (Å²) in [5.74, 6) is 0. The molecule has 0 saturated heterocycles. The molecular formula is C9H17N3. The van der Waals surface area contributed by atoms with Gasteiger partial charge in [-0.2, -0.15) is 0 Å². The molecule has 0 amide bonds. The third kappa shape index (κ3) is 2.66. The van der Waals surface area contributed by atoms with Crippen molar-refractivity contribution in [3.8, 4) is 0 Å². The van der Waals surface area contributed by atoms with Crippen LogP contribution in [0.15, 0.2) is 12.5 Å². The Hall–Kier alpha value is -0.830. The minimum atomic E-state index is 0.213. The molecule has 0 aliphatic rings. The molecule has 3 nitrogen and oxygen atoms in total. The fourth-order valence-electron chi connectivity index (χ4n) is 0.841. The molecule has 3 heteroatoms. The van der Waals surface area contributed by atoms with Gasteiger partial charge in [-0.05, 0) is 20.3 Å². The van der Waals surface area contributed by atoms with Crippen LogP contribution in [0.25, 0.3) is 0 Å². The highest BCUT2D eigenvalue weighted by Crippen LogP contribution is 2.07. The first-order valence-electron chi connectivity index (χ1n) is 4.36. The molecule has 68 valence electrons. The maximum absolute atomic E-state index is 3.95. The molecule has 0 aliphatic carbocycles. The Morgan fingerprint density at radius 3 is 2.83 bits per heavy atom. The Balaban J connectivity index is 2.36. The van der Waals surface area contributed by atoms with Gasteiger partial charge < -0.3 is 10.3 Å². The highest BCUT2D eigenvalue weighted by Gasteiger charge is 2.13. The highest BCUT2D eigenvalue weighted by molar-refractivity contribution is 4.94. The zero-order valence-corrected chi connectivity index (χ0v) is 8.02. The van der Waals surface area contributed by atoms with Gasteiger partial charge in [0.05, 0.1) is 6.33 Å². The van der Waals surface area contributed by atoms with Crippen molar-refractivity contribution in [3.05, 3.63) is 18.2 Å². The lowest BCUT2D eigenvalue weighted by atomic mass is 10.0. The molecule has 0 aromatic carbocycles. The Morgan fingerprint density at radius 2 is 2.33 bits per heavy atom. The summed E-state index contributed by atoms with van der Waals surface area (Å²) >= 11 is 0. The fourth-order valence-corrected chi connectivity index (χ4v) is 0.841. The zero-order valence-electron chi connectivity index (χ0n) is 8.02. The Labute approximate surface area is 73.6 Å². The molecule has 0 fully saturated rings. The van der Waals surface area contributed by atoms with Crippen molar-refractivity contribution in [1.29, 1.82) is 0 Å². The van der Waals surface area contributed by atoms with Crippen LogP contribution in [0.4, 0.5) is 0 Å². The van der Waals surface area contributed by atoms with Crippen molar-refractivity contribution in [2.45, 2.75) is 39.3 Å². The fraction of sp³-hybridized carbons (Fsp3) is 0.667. The predicted molar refractivity (Wildman–Crippen MR) is 49.8 cm³/mol. The second kappa shape index (κ2) is 3.72. The minimum absolute atomic E-state index is 0.213. The minimum Gasteiger partial charge on any atom is -0.347 e. The highest BCUT2D eigenvalue weighted by atomic mass is 15.0. The molecule has 1 heterocycles. The molecule has 1 aromatic heterocycles. The average Bonchev–Trinajstić information content (AvgIpc) is 2.53. The van der Waals surface area contributed by atoms with Crippen LogP contribution in [0.2, 0.25) is 0 Å². The van der Waals surface area contributed by atoms with Crippen LogP contribution in [0.5, 0.6) is 0 Å². The third-order valence-electron chi connectivity index (χ3n) is 2.20. The molecular weight excluding hydrogens is 150 g/mol. The number of imidazole rings is 1. The first-order chi connectivity index (χ1) is 5.64. The van der Waals surface area contributed by atoms with Crippen molar-refractivity contribution < 1.29 is 0 Å². The molecule has 0 bridgehead atoms. The predicted octanol–water partition coefficient (Wildman–Crippen LogP) is 1.69. The summed E-state index contributed by atoms with van der Waals surface area (Å²) in [7, 11) is 0. The molecule has 0 saturated carbocycles. The maximum atomic E-state index is 3.95. The van der Waals surface area contributed by atoms with Gasteiger partial charge in [-0.1, -0.05) is 6.92 Å². The number of aromatic amines is 1. The lowest BCUT2D eigenvalue weighted by Gasteiger charge is -2.23. The number of aromatic nitrogens is 2. The van der Waals surface area contributed by atoms with Gasteiger partial charge in [-0.15, -0.1) is 0 Å². The van der Waals surface area contributed by atoms with Gasteiger partial charge in [0.1, 0.15) is 0 Å². The number of nitrogens with one attached hydrogen (secondary N) is 2. The second-order valence-corrected chi connectivity index (χ2v) is 3.67. The smallest absolute Gasteiger partial charge is 0.0922 e. The van der Waals surface area contributed by atoms with Gasteiger partial charge in [-0.25, -0.2) is 4.98 Å². The van der Waals surface area contributed by atoms with Gasteiger partial charge in [0, 0.05) is 24.0 Å². The number of H-pyrrole nitrogens is 1. The molecule has 0 spiro atoms. The van der Waals surface area contributed by atoms with E-state index in [1.165, 1.54) is 0 Å². The molecule has 1 rings (SSSR count). The lowest BCUT2D eigenvalue weighted by molar-refractivity contribution is 0.372. The van der Waals surface area contributed by atoms with Crippen LogP contribution in [-0.4, -0.2) is 15.5 Å². The first-order valence-corrected chi connectivity index (χ1v) is 4.36. The summed E-state index contributed by atoms with van der Waals surface area (Å²) < 4.78 is 0. The molecule has 0 radical (unpaired) electrons. The van der Waals surface area contributed by atoms with Gasteiger partial charge in [-0.3, -0.25) is 0 Å². The monoisotopic (exact) mass is 167 g/mol. The van der Waals surface area contributed by atoms with Gasteiger partial charge in [0.15, 0.2) is 0 Å². The summed E-state index contributed by atoms with van der Waals surface area (Å²) in [6.07, 6.45) is 4.68. The average molecular weight is 167 g/mol. The van der Waals surface area contributed by atoms with Crippen molar-refractivity contribution in [2.75, 3.05) is 0 Å². The number of nitrogens with zero attached hydrogens (tertiary/aromatic N) is 1. The summed E-state index contributed by atoms with van der Waals surface area (Å²) in [5.41, 5.74) is 1.35. The summed E-state index contributed by atoms with van der Waals surface area (Å²) in [6, 6.07) is 0. The van der Waals surface area contributed by atoms with E-state index >= 15 is 0 Å². The van der Waals surface area contributed by atoms with Crippen LogP contribution >= 0.6 is 0 Å². The van der Waals surface area contributed by atoms with E-state index in [2.05, 4.69) is 36.1 Å². The number of rotatable bonds is 4. The topological polar surface area (TPSA) is 40.7 Å². The largest absolute Gasteiger partial charge is 0.347 e. The van der Waals surface area contributed by atoms with E-state index in [1.54, 1.807) is 6.33 Å². The quantitative estimate of drug-likeness (QED) is 0.716. The van der Waals surface area contributed by atoms with E-state index in [-0.39, 0.29) is 5.54 Å². The molecule has 1 aromatic rings. The van der Waals surface area contributed by atoms with Crippen molar-refractivity contribution in [1.82, 2.24) is 15.3 Å². The molecule has 0 atom stereocenters. The summed E-state index contributed by atoms with van der Waals surface area (Å²) in [6.45, 7) is 7.44. The van der Waals surface area contributed by atoms with Crippen LogP contribution in [0, 0.1) is 0 Å². The van der Waals surface area contributed by atoms with Crippen LogP contribution < -0.4 is 5.32 Å². The first kappa shape index (κ1) is 9.26. The second-order valence-electron chi connectivity index (χ2n) is 3.67. The Bertz CT molecular complexity index is 214. The summed E-state index contributed by atoms with van der Waals surface area (Å²) in [4.78, 5) is 7.01. The Morgan fingerprint density at radius 1 is 1.58 bits per heavy atom. The SMILES string of the molecule is CCC(C)(C)NCc1cnc[nH]1. The zero-order chi connectivity index (χ0) is 9.03. The molecule has 0 unspecified atom stereocenters. The van der Waals surface area contributed by atoms with Crippen LogP contribution in [-0.2, 0) is 6.54 Å². The van der Waals surface area contributed by atoms with E-state index in [1.807, 2.05) is 6.20 Å². The normalized spacial score (nSPS) is 11.9. The van der Waals surface area contributed by atoms with Crippen molar-refractivity contribution in [3.63, 3.8) is 0 Å².